The molecule has 1 saturated heterocycles. The number of nitrogens with two attached hydrogens (primary N) is 1. The Kier molecular flexibility index (Phi) is 8.77. The molecule has 0 radical (unpaired) electrons. The number of rotatable bonds is 4. The number of guanidine groups is 1. The molecule has 1 amide bonds. The summed E-state index contributed by atoms with van der Waals surface area (Å²) in [7, 11) is 0. The van der Waals surface area contributed by atoms with Crippen LogP contribution in [-0.2, 0) is 4.79 Å². The van der Waals surface area contributed by atoms with Gasteiger partial charge in [-0.05, 0) is 43.5 Å². The van der Waals surface area contributed by atoms with Crippen LogP contribution in [-0.4, -0.2) is 36.4 Å². The lowest BCUT2D eigenvalue weighted by Crippen LogP contribution is -2.41. The lowest BCUT2D eigenvalue weighted by molar-refractivity contribution is -0.116. The maximum atomic E-state index is 11.8. The van der Waals surface area contributed by atoms with Gasteiger partial charge >= 0.3 is 0 Å². The van der Waals surface area contributed by atoms with E-state index in [2.05, 4.69) is 31.1 Å². The molecule has 0 aliphatic carbocycles. The van der Waals surface area contributed by atoms with Gasteiger partial charge < -0.3 is 16.0 Å². The van der Waals surface area contributed by atoms with E-state index < -0.39 is 0 Å². The molecular weight excluding hydrogens is 459 g/mol. The van der Waals surface area contributed by atoms with Gasteiger partial charge in [-0.15, -0.1) is 24.0 Å². The molecule has 0 atom stereocenters. The van der Waals surface area contributed by atoms with Crippen LogP contribution in [0.1, 0.15) is 25.7 Å². The van der Waals surface area contributed by atoms with Crippen molar-refractivity contribution >= 4 is 57.5 Å². The Morgan fingerprint density at radius 2 is 1.86 bits per heavy atom. The summed E-state index contributed by atoms with van der Waals surface area (Å²) in [6, 6.07) is 7.49. The molecule has 0 saturated carbocycles. The summed E-state index contributed by atoms with van der Waals surface area (Å²) < 4.78 is 0.986. The minimum absolute atomic E-state index is 0. The van der Waals surface area contributed by atoms with Gasteiger partial charge in [-0.1, -0.05) is 15.9 Å². The molecule has 5 nitrogen and oxygen atoms in total. The van der Waals surface area contributed by atoms with Crippen LogP contribution in [0.4, 0.5) is 5.69 Å². The van der Waals surface area contributed by atoms with Gasteiger partial charge in [-0.25, -0.2) is 0 Å². The Morgan fingerprint density at radius 1 is 1.23 bits per heavy atom. The second-order valence-electron chi connectivity index (χ2n) is 5.09. The number of aliphatic imine (C=N–C) groups is 1. The molecule has 1 fully saturated rings. The number of piperidine rings is 1. The zero-order valence-corrected chi connectivity index (χ0v) is 16.3. The van der Waals surface area contributed by atoms with E-state index in [1.54, 1.807) is 0 Å². The monoisotopic (exact) mass is 480 g/mol. The third-order valence-corrected chi connectivity index (χ3v) is 3.95. The van der Waals surface area contributed by atoms with Gasteiger partial charge in [0.25, 0.3) is 0 Å². The fourth-order valence-electron chi connectivity index (χ4n) is 2.25. The highest BCUT2D eigenvalue weighted by Crippen LogP contribution is 2.14. The molecule has 0 unspecified atom stereocenters. The number of benzene rings is 1. The van der Waals surface area contributed by atoms with Crippen molar-refractivity contribution in [3.05, 3.63) is 28.7 Å². The Morgan fingerprint density at radius 3 is 2.50 bits per heavy atom. The predicted molar refractivity (Wildman–Crippen MR) is 105 cm³/mol. The van der Waals surface area contributed by atoms with Crippen LogP contribution in [0, 0.1) is 0 Å². The van der Waals surface area contributed by atoms with Gasteiger partial charge in [0.05, 0.1) is 6.54 Å². The molecule has 1 aliphatic heterocycles. The molecule has 1 aliphatic rings. The first-order valence-electron chi connectivity index (χ1n) is 7.25. The van der Waals surface area contributed by atoms with E-state index in [4.69, 9.17) is 5.73 Å². The molecule has 0 aromatic heterocycles. The summed E-state index contributed by atoms with van der Waals surface area (Å²) in [6.07, 6.45) is 3.94. The Hall–Kier alpha value is -0.830. The van der Waals surface area contributed by atoms with Crippen LogP contribution in [0.3, 0.4) is 0 Å². The van der Waals surface area contributed by atoms with E-state index in [1.807, 2.05) is 24.3 Å². The van der Waals surface area contributed by atoms with Crippen LogP contribution in [0.15, 0.2) is 33.7 Å². The molecule has 122 valence electrons. The van der Waals surface area contributed by atoms with E-state index in [9.17, 15) is 4.79 Å². The second-order valence-corrected chi connectivity index (χ2v) is 6.01. The molecule has 22 heavy (non-hydrogen) atoms. The highest BCUT2D eigenvalue weighted by atomic mass is 127. The molecule has 0 bridgehead atoms. The van der Waals surface area contributed by atoms with Crippen LogP contribution in [0.25, 0.3) is 0 Å². The van der Waals surface area contributed by atoms with Gasteiger partial charge in [0.1, 0.15) is 0 Å². The van der Waals surface area contributed by atoms with Crippen molar-refractivity contribution in [2.24, 2.45) is 10.7 Å². The first-order valence-corrected chi connectivity index (χ1v) is 8.05. The average molecular weight is 481 g/mol. The fraction of sp³-hybridized carbons (Fsp3) is 0.467. The number of nitrogens with zero attached hydrogens (tertiary/aromatic N) is 2. The van der Waals surface area contributed by atoms with Crippen molar-refractivity contribution in [3.63, 3.8) is 0 Å². The third kappa shape index (κ3) is 6.51. The summed E-state index contributed by atoms with van der Waals surface area (Å²) in [5, 5.41) is 2.84. The van der Waals surface area contributed by atoms with E-state index in [0.717, 1.165) is 23.2 Å². The molecule has 3 N–H and O–H groups in total. The van der Waals surface area contributed by atoms with Crippen molar-refractivity contribution in [1.82, 2.24) is 4.90 Å². The number of anilines is 1. The number of nitrogens with one attached hydrogen (secondary N) is 1. The lowest BCUT2D eigenvalue weighted by Gasteiger charge is -2.27. The van der Waals surface area contributed by atoms with Crippen LogP contribution in [0.2, 0.25) is 0 Å². The average Bonchev–Trinajstić information content (AvgIpc) is 2.50. The molecule has 7 heteroatoms. The SMILES string of the molecule is I.NC(=NCCC(=O)Nc1ccc(Br)cc1)N1CCCCC1. The largest absolute Gasteiger partial charge is 0.370 e. The molecule has 0 spiro atoms. The number of halogens is 2. The zero-order valence-electron chi connectivity index (χ0n) is 12.4. The van der Waals surface area contributed by atoms with E-state index in [0.29, 0.717) is 18.9 Å². The van der Waals surface area contributed by atoms with Crippen LogP contribution >= 0.6 is 39.9 Å². The summed E-state index contributed by atoms with van der Waals surface area (Å²) >= 11 is 3.36. The number of hydrogen-bond donors (Lipinski definition) is 2. The smallest absolute Gasteiger partial charge is 0.226 e. The van der Waals surface area contributed by atoms with Gasteiger partial charge in [-0.3, -0.25) is 9.79 Å². The molecular formula is C15H22BrIN4O. The Labute approximate surface area is 156 Å². The Bertz CT molecular complexity index is 501. The maximum Gasteiger partial charge on any atom is 0.226 e. The minimum atomic E-state index is -0.0486. The first-order chi connectivity index (χ1) is 10.1. The summed E-state index contributed by atoms with van der Waals surface area (Å²) in [4.78, 5) is 18.2. The third-order valence-electron chi connectivity index (χ3n) is 3.42. The number of likely N-dealkylation sites (tertiary alicyclic amines) is 1. The van der Waals surface area contributed by atoms with Crippen LogP contribution in [0.5, 0.6) is 0 Å². The predicted octanol–water partition coefficient (Wildman–Crippen LogP) is 3.20. The second kappa shape index (κ2) is 10.0. The van der Waals surface area contributed by atoms with E-state index in [1.165, 1.54) is 19.3 Å². The number of carbonyl (C=O) groups is 1. The van der Waals surface area contributed by atoms with Crippen molar-refractivity contribution < 1.29 is 4.79 Å². The molecule has 1 aromatic rings. The number of carbonyl (C=O) groups excluding carboxylic acids is 1. The topological polar surface area (TPSA) is 70.7 Å². The summed E-state index contributed by atoms with van der Waals surface area (Å²) in [5.41, 5.74) is 6.73. The van der Waals surface area contributed by atoms with Gasteiger partial charge in [0.2, 0.25) is 5.91 Å². The molecule has 2 rings (SSSR count). The Balaban J connectivity index is 0.00000242. The summed E-state index contributed by atoms with van der Waals surface area (Å²) in [6.45, 7) is 2.37. The van der Waals surface area contributed by atoms with Gasteiger partial charge in [0, 0.05) is 29.7 Å². The highest BCUT2D eigenvalue weighted by Gasteiger charge is 2.11. The van der Waals surface area contributed by atoms with E-state index >= 15 is 0 Å². The van der Waals surface area contributed by atoms with Crippen LogP contribution < -0.4 is 11.1 Å². The maximum absolute atomic E-state index is 11.8. The molecule has 1 aromatic carbocycles. The van der Waals surface area contributed by atoms with Crippen molar-refractivity contribution in [2.45, 2.75) is 25.7 Å². The standard InChI is InChI=1S/C15H21BrN4O.HI/c16-12-4-6-13(7-5-12)19-14(21)8-9-18-15(17)20-10-2-1-3-11-20;/h4-7H,1-3,8-11H2,(H2,17,18)(H,19,21);1H. The van der Waals surface area contributed by atoms with Crippen molar-refractivity contribution in [2.75, 3.05) is 25.0 Å². The highest BCUT2D eigenvalue weighted by molar-refractivity contribution is 14.0. The van der Waals surface area contributed by atoms with Crippen molar-refractivity contribution in [3.8, 4) is 0 Å². The molecule has 1 heterocycles. The van der Waals surface area contributed by atoms with Gasteiger partial charge in [-0.2, -0.15) is 0 Å². The van der Waals surface area contributed by atoms with Crippen molar-refractivity contribution in [1.29, 1.82) is 0 Å². The first kappa shape index (κ1) is 19.2. The normalized spacial score (nSPS) is 15.1. The lowest BCUT2D eigenvalue weighted by atomic mass is 10.1. The number of amides is 1. The zero-order chi connectivity index (χ0) is 15.1. The number of hydrogen-bond acceptors (Lipinski definition) is 2. The van der Waals surface area contributed by atoms with E-state index in [-0.39, 0.29) is 29.9 Å². The summed E-state index contributed by atoms with van der Waals surface area (Å²) in [5.74, 6) is 0.513. The minimum Gasteiger partial charge on any atom is -0.370 e. The fourth-order valence-corrected chi connectivity index (χ4v) is 2.52. The quantitative estimate of drug-likeness (QED) is 0.395. The van der Waals surface area contributed by atoms with Gasteiger partial charge in [0.15, 0.2) is 5.96 Å².